The van der Waals surface area contributed by atoms with Crippen molar-refractivity contribution >= 4 is 11.6 Å². The number of nitrogens with one attached hydrogen (secondary N) is 1. The fourth-order valence-electron chi connectivity index (χ4n) is 2.75. The Morgan fingerprint density at radius 1 is 1.17 bits per heavy atom. The molecule has 3 aromatic rings. The van der Waals surface area contributed by atoms with Crippen molar-refractivity contribution in [1.29, 1.82) is 0 Å². The first-order valence-corrected chi connectivity index (χ1v) is 8.28. The Hall–Kier alpha value is -3.02. The summed E-state index contributed by atoms with van der Waals surface area (Å²) in [6.07, 6.45) is -1.81. The van der Waals surface area contributed by atoms with Gasteiger partial charge in [-0.15, -0.1) is 0 Å². The van der Waals surface area contributed by atoms with Gasteiger partial charge in [-0.3, -0.25) is 0 Å². The molecule has 0 aliphatic carbocycles. The maximum absolute atomic E-state index is 14.6. The molecule has 1 aromatic carbocycles. The average molecular weight is 417 g/mol. The Bertz CT molecular complexity index is 1010. The number of halogens is 5. The lowest BCUT2D eigenvalue weighted by atomic mass is 9.91. The van der Waals surface area contributed by atoms with Crippen LogP contribution in [0.1, 0.15) is 37.6 Å². The van der Waals surface area contributed by atoms with Crippen LogP contribution < -0.4 is 10.1 Å². The fourth-order valence-corrected chi connectivity index (χ4v) is 2.75. The van der Waals surface area contributed by atoms with Crippen LogP contribution in [0, 0.1) is 5.82 Å². The lowest BCUT2D eigenvalue weighted by Gasteiger charge is -2.31. The Labute approximate surface area is 161 Å². The number of aromatic nitrogens is 4. The van der Waals surface area contributed by atoms with E-state index in [0.717, 1.165) is 35.1 Å². The molecule has 7 nitrogen and oxygen atoms in total. The van der Waals surface area contributed by atoms with Gasteiger partial charge in [-0.1, -0.05) is 6.07 Å². The third-order valence-electron chi connectivity index (χ3n) is 4.00. The van der Waals surface area contributed by atoms with Crippen molar-refractivity contribution in [3.8, 4) is 5.75 Å². The van der Waals surface area contributed by atoms with Gasteiger partial charge in [-0.25, -0.2) is 18.2 Å². The topological polar surface area (TPSA) is 84.6 Å². The fraction of sp³-hybridized carbons (Fsp3) is 0.353. The molecule has 0 fully saturated rings. The molecule has 2 N–H and O–H groups in total. The molecule has 1 atom stereocenters. The van der Waals surface area contributed by atoms with Gasteiger partial charge in [0, 0.05) is 17.7 Å². The maximum Gasteiger partial charge on any atom is 0.387 e. The van der Waals surface area contributed by atoms with Crippen molar-refractivity contribution in [2.24, 2.45) is 0 Å². The minimum atomic E-state index is -3.13. The summed E-state index contributed by atoms with van der Waals surface area (Å²) in [7, 11) is 0. The van der Waals surface area contributed by atoms with E-state index >= 15 is 0 Å². The van der Waals surface area contributed by atoms with Crippen LogP contribution in [-0.4, -0.2) is 36.9 Å². The van der Waals surface area contributed by atoms with E-state index in [1.807, 2.05) is 0 Å². The van der Waals surface area contributed by atoms with Gasteiger partial charge in [0.15, 0.2) is 0 Å². The lowest BCUT2D eigenvalue weighted by molar-refractivity contribution is -0.0500. The molecule has 0 amide bonds. The van der Waals surface area contributed by atoms with Crippen LogP contribution in [0.4, 0.5) is 27.8 Å². The molecule has 0 saturated heterocycles. The van der Waals surface area contributed by atoms with E-state index in [1.54, 1.807) is 0 Å². The summed E-state index contributed by atoms with van der Waals surface area (Å²) < 4.78 is 70.8. The highest BCUT2D eigenvalue weighted by Crippen LogP contribution is 2.33. The number of fused-ring (bicyclic) bond motifs is 1. The molecule has 0 radical (unpaired) electrons. The minimum Gasteiger partial charge on any atom is -0.435 e. The van der Waals surface area contributed by atoms with E-state index in [2.05, 4.69) is 25.1 Å². The van der Waals surface area contributed by atoms with Crippen molar-refractivity contribution in [2.45, 2.75) is 38.5 Å². The Balaban J connectivity index is 2.04. The smallest absolute Gasteiger partial charge is 0.387 e. The van der Waals surface area contributed by atoms with Gasteiger partial charge in [-0.2, -0.15) is 23.4 Å². The monoisotopic (exact) mass is 417 g/mol. The molecule has 2 heterocycles. The van der Waals surface area contributed by atoms with Crippen LogP contribution in [0.2, 0.25) is 0 Å². The number of nitrogens with zero attached hydrogens (tertiary/aromatic N) is 4. The molecule has 1 unspecified atom stereocenters. The van der Waals surface area contributed by atoms with Crippen molar-refractivity contribution in [2.75, 3.05) is 5.32 Å². The highest BCUT2D eigenvalue weighted by molar-refractivity contribution is 5.48. The summed E-state index contributed by atoms with van der Waals surface area (Å²) in [4.78, 5) is 7.43. The molecule has 3 rings (SSSR count). The van der Waals surface area contributed by atoms with E-state index in [1.165, 1.54) is 13.8 Å². The number of ether oxygens (including phenoxy) is 1. The Morgan fingerprint density at radius 2 is 1.90 bits per heavy atom. The van der Waals surface area contributed by atoms with Crippen molar-refractivity contribution in [1.82, 2.24) is 19.6 Å². The third-order valence-corrected chi connectivity index (χ3v) is 4.00. The van der Waals surface area contributed by atoms with E-state index in [4.69, 9.17) is 0 Å². The Kier molecular flexibility index (Phi) is 5.55. The number of rotatable bonds is 7. The highest BCUT2D eigenvalue weighted by atomic mass is 19.3. The van der Waals surface area contributed by atoms with Gasteiger partial charge >= 0.3 is 6.61 Å². The van der Waals surface area contributed by atoms with Crippen LogP contribution >= 0.6 is 0 Å². The first kappa shape index (κ1) is 20.7. The third kappa shape index (κ3) is 4.53. The normalized spacial score (nSPS) is 13.3. The minimum absolute atomic E-state index is 0.0257. The number of benzene rings is 1. The number of hydrogen-bond acceptors (Lipinski definition) is 6. The van der Waals surface area contributed by atoms with E-state index in [0.29, 0.717) is 0 Å². The van der Waals surface area contributed by atoms with Gasteiger partial charge in [0.25, 0.3) is 12.2 Å². The van der Waals surface area contributed by atoms with Gasteiger partial charge < -0.3 is 15.2 Å². The summed E-state index contributed by atoms with van der Waals surface area (Å²) in [5.74, 6) is -1.50. The van der Waals surface area contributed by atoms with Gasteiger partial charge in [-0.05, 0) is 19.9 Å². The van der Waals surface area contributed by atoms with Crippen LogP contribution in [0.3, 0.4) is 0 Å². The second kappa shape index (κ2) is 7.78. The number of aliphatic hydroxyl groups is 1. The second-order valence-corrected chi connectivity index (χ2v) is 6.63. The molecule has 0 aliphatic rings. The van der Waals surface area contributed by atoms with Gasteiger partial charge in [0.1, 0.15) is 29.4 Å². The zero-order valence-corrected chi connectivity index (χ0v) is 15.2. The van der Waals surface area contributed by atoms with Crippen molar-refractivity contribution in [3.63, 3.8) is 0 Å². The Morgan fingerprint density at radius 3 is 2.48 bits per heavy atom. The average Bonchev–Trinajstić information content (AvgIpc) is 3.07. The van der Waals surface area contributed by atoms with Crippen LogP contribution in [0.15, 0.2) is 30.6 Å². The largest absolute Gasteiger partial charge is 0.435 e. The van der Waals surface area contributed by atoms with Crippen LogP contribution in [0.25, 0.3) is 5.78 Å². The summed E-state index contributed by atoms with van der Waals surface area (Å²) in [6, 6.07) is 2.81. The lowest BCUT2D eigenvalue weighted by Crippen LogP contribution is -2.35. The molecule has 0 spiro atoms. The van der Waals surface area contributed by atoms with Crippen molar-refractivity contribution in [3.05, 3.63) is 47.7 Å². The quantitative estimate of drug-likeness (QED) is 0.570. The molecular formula is C17H16F5N5O2. The zero-order chi connectivity index (χ0) is 21.3. The molecule has 2 aromatic heterocycles. The standard InChI is InChI=1S/C17H16F5N5O2/c1-17(2,28)13(9-4-3-8(5-10(9)18)29-15(21)22)26-12-6-11(14(19)20)25-16-23-7-24-27(12)16/h3-7,13-15,26,28H,1-2H3. The molecule has 0 saturated carbocycles. The molecular weight excluding hydrogens is 401 g/mol. The van der Waals surface area contributed by atoms with Crippen LogP contribution in [0.5, 0.6) is 5.75 Å². The number of hydrogen-bond donors (Lipinski definition) is 2. The highest BCUT2D eigenvalue weighted by Gasteiger charge is 2.32. The molecule has 156 valence electrons. The SMILES string of the molecule is CC(C)(O)C(Nc1cc(C(F)F)nc2ncnn12)c1ccc(OC(F)F)cc1F. The summed E-state index contributed by atoms with van der Waals surface area (Å²) >= 11 is 0. The summed E-state index contributed by atoms with van der Waals surface area (Å²) in [5.41, 5.74) is -2.31. The van der Waals surface area contributed by atoms with E-state index < -0.39 is 41.9 Å². The molecule has 29 heavy (non-hydrogen) atoms. The first-order chi connectivity index (χ1) is 13.6. The molecule has 0 aliphatic heterocycles. The number of anilines is 1. The predicted molar refractivity (Wildman–Crippen MR) is 91.4 cm³/mol. The summed E-state index contributed by atoms with van der Waals surface area (Å²) in [6.45, 7) is -0.406. The second-order valence-electron chi connectivity index (χ2n) is 6.63. The predicted octanol–water partition coefficient (Wildman–Crippen LogP) is 3.73. The molecule has 12 heteroatoms. The summed E-state index contributed by atoms with van der Waals surface area (Å²) in [5, 5.41) is 17.2. The van der Waals surface area contributed by atoms with Crippen LogP contribution in [-0.2, 0) is 0 Å². The number of alkyl halides is 4. The van der Waals surface area contributed by atoms with Gasteiger partial charge in [0.2, 0.25) is 0 Å². The van der Waals surface area contributed by atoms with E-state index in [9.17, 15) is 27.1 Å². The van der Waals surface area contributed by atoms with Crippen molar-refractivity contribution < 1.29 is 31.8 Å². The maximum atomic E-state index is 14.6. The van der Waals surface area contributed by atoms with Gasteiger partial charge in [0.05, 0.1) is 11.6 Å². The van der Waals surface area contributed by atoms with E-state index in [-0.39, 0.29) is 17.2 Å². The zero-order valence-electron chi connectivity index (χ0n) is 15.2. The first-order valence-electron chi connectivity index (χ1n) is 8.28. The molecule has 0 bridgehead atoms.